The van der Waals surface area contributed by atoms with Crippen molar-refractivity contribution >= 4 is 6.03 Å². The highest BCUT2D eigenvalue weighted by molar-refractivity contribution is 5.74. The minimum atomic E-state index is -4.15. The Morgan fingerprint density at radius 3 is 2.27 bits per heavy atom. The lowest BCUT2D eigenvalue weighted by Gasteiger charge is -2.40. The third-order valence-corrected chi connectivity index (χ3v) is 6.35. The number of hydrogen-bond donors (Lipinski definition) is 2. The van der Waals surface area contributed by atoms with E-state index >= 15 is 0 Å². The minimum Gasteiger partial charge on any atom is -0.335 e. The molecule has 0 aromatic heterocycles. The number of likely N-dealkylation sites (tertiary alicyclic amines) is 1. The first kappa shape index (κ1) is 19.8. The number of rotatable bonds is 3. The molecule has 0 spiro atoms. The van der Waals surface area contributed by atoms with Crippen molar-refractivity contribution in [3.05, 3.63) is 0 Å². The van der Waals surface area contributed by atoms with Gasteiger partial charge in [-0.1, -0.05) is 25.7 Å². The number of hydrogen-bond acceptors (Lipinski definition) is 2. The number of carbonyl (C=O) groups is 1. The first-order valence-electron chi connectivity index (χ1n) is 10.3. The van der Waals surface area contributed by atoms with Gasteiger partial charge in [0.15, 0.2) is 0 Å². The summed E-state index contributed by atoms with van der Waals surface area (Å²) in [4.78, 5) is 14.8. The predicted octanol–water partition coefficient (Wildman–Crippen LogP) is 4.20. The Kier molecular flexibility index (Phi) is 6.70. The van der Waals surface area contributed by atoms with Crippen molar-refractivity contribution < 1.29 is 18.0 Å². The van der Waals surface area contributed by atoms with Gasteiger partial charge in [-0.25, -0.2) is 4.79 Å². The molecule has 0 aromatic carbocycles. The molecule has 0 bridgehead atoms. The second-order valence-corrected chi connectivity index (χ2v) is 8.35. The number of piperidine rings is 1. The molecular weight excluding hydrogens is 343 g/mol. The topological polar surface area (TPSA) is 44.4 Å². The summed E-state index contributed by atoms with van der Waals surface area (Å²) in [6.07, 6.45) is 5.64. The van der Waals surface area contributed by atoms with E-state index in [9.17, 15) is 18.0 Å². The minimum absolute atomic E-state index is 0.00971. The fourth-order valence-electron chi connectivity index (χ4n) is 4.93. The highest BCUT2D eigenvalue weighted by Gasteiger charge is 2.42. The molecule has 2 aliphatic carbocycles. The van der Waals surface area contributed by atoms with Crippen LogP contribution in [0.15, 0.2) is 0 Å². The Balaban J connectivity index is 1.44. The summed E-state index contributed by atoms with van der Waals surface area (Å²) in [6, 6.07) is 0.0803. The molecule has 3 fully saturated rings. The first-order chi connectivity index (χ1) is 12.4. The van der Waals surface area contributed by atoms with Crippen LogP contribution in [0.5, 0.6) is 0 Å². The van der Waals surface area contributed by atoms with Gasteiger partial charge in [0, 0.05) is 24.7 Å². The molecule has 1 saturated heterocycles. The van der Waals surface area contributed by atoms with E-state index in [1.54, 1.807) is 0 Å². The summed E-state index contributed by atoms with van der Waals surface area (Å²) in [7, 11) is 0. The number of urea groups is 1. The van der Waals surface area contributed by atoms with Gasteiger partial charge >= 0.3 is 12.2 Å². The highest BCUT2D eigenvalue weighted by Crippen LogP contribution is 2.37. The van der Waals surface area contributed by atoms with Gasteiger partial charge in [-0.05, 0) is 51.5 Å². The van der Waals surface area contributed by atoms with Crippen LogP contribution in [0, 0.1) is 5.92 Å². The van der Waals surface area contributed by atoms with Gasteiger partial charge in [0.25, 0.3) is 0 Å². The van der Waals surface area contributed by atoms with E-state index < -0.39 is 12.1 Å². The largest absolute Gasteiger partial charge is 0.391 e. The van der Waals surface area contributed by atoms with Gasteiger partial charge in [-0.3, -0.25) is 4.90 Å². The van der Waals surface area contributed by atoms with Crippen molar-refractivity contribution in [1.29, 1.82) is 0 Å². The molecule has 3 unspecified atom stereocenters. The SMILES string of the molecule is O=C(NC1CCCC(C(F)(F)F)C1)NC1CCCN(C2CCCCC2)C1. The standard InChI is InChI=1S/C19H32F3N3O/c20-19(21,22)14-6-4-7-15(12-14)23-18(26)24-16-8-5-11-25(13-16)17-9-2-1-3-10-17/h14-17H,1-13H2,(H2,23,24,26). The molecule has 26 heavy (non-hydrogen) atoms. The molecule has 7 heteroatoms. The van der Waals surface area contributed by atoms with E-state index in [1.807, 2.05) is 0 Å². The first-order valence-corrected chi connectivity index (χ1v) is 10.3. The lowest BCUT2D eigenvalue weighted by atomic mass is 9.85. The summed E-state index contributed by atoms with van der Waals surface area (Å²) in [5, 5.41) is 5.81. The zero-order valence-electron chi connectivity index (χ0n) is 15.5. The Bertz CT molecular complexity index is 465. The quantitative estimate of drug-likeness (QED) is 0.776. The highest BCUT2D eigenvalue weighted by atomic mass is 19.4. The molecule has 2 amide bonds. The van der Waals surface area contributed by atoms with Crippen molar-refractivity contribution in [2.24, 2.45) is 5.92 Å². The van der Waals surface area contributed by atoms with Gasteiger partial charge in [0.2, 0.25) is 0 Å². The lowest BCUT2D eigenvalue weighted by molar-refractivity contribution is -0.183. The van der Waals surface area contributed by atoms with E-state index in [-0.39, 0.29) is 31.0 Å². The van der Waals surface area contributed by atoms with Crippen LogP contribution in [0.4, 0.5) is 18.0 Å². The zero-order chi connectivity index (χ0) is 18.6. The van der Waals surface area contributed by atoms with Crippen molar-refractivity contribution in [2.45, 2.75) is 94.9 Å². The predicted molar refractivity (Wildman–Crippen MR) is 94.9 cm³/mol. The normalized spacial score (nSPS) is 32.2. The number of nitrogens with one attached hydrogen (secondary N) is 2. The molecule has 3 rings (SSSR count). The molecule has 2 N–H and O–H groups in total. The van der Waals surface area contributed by atoms with Crippen LogP contribution in [0.2, 0.25) is 0 Å². The molecule has 0 radical (unpaired) electrons. The molecule has 2 saturated carbocycles. The summed E-state index contributed by atoms with van der Waals surface area (Å²) >= 11 is 0. The van der Waals surface area contributed by atoms with Crippen molar-refractivity contribution in [2.75, 3.05) is 13.1 Å². The molecule has 3 aliphatic rings. The van der Waals surface area contributed by atoms with Gasteiger partial charge in [-0.15, -0.1) is 0 Å². The average Bonchev–Trinajstić information content (AvgIpc) is 2.62. The third kappa shape index (κ3) is 5.51. The number of amides is 2. The second-order valence-electron chi connectivity index (χ2n) is 8.35. The Labute approximate surface area is 154 Å². The number of nitrogens with zero attached hydrogens (tertiary/aromatic N) is 1. The van der Waals surface area contributed by atoms with Gasteiger partial charge in [0.05, 0.1) is 5.92 Å². The maximum absolute atomic E-state index is 12.9. The number of alkyl halides is 3. The monoisotopic (exact) mass is 375 g/mol. The van der Waals surface area contributed by atoms with E-state index in [4.69, 9.17) is 0 Å². The van der Waals surface area contributed by atoms with Crippen LogP contribution >= 0.6 is 0 Å². The average molecular weight is 375 g/mol. The van der Waals surface area contributed by atoms with Gasteiger partial charge in [0.1, 0.15) is 0 Å². The lowest BCUT2D eigenvalue weighted by Crippen LogP contribution is -2.54. The van der Waals surface area contributed by atoms with Crippen LogP contribution in [-0.2, 0) is 0 Å². The Morgan fingerprint density at radius 1 is 0.846 bits per heavy atom. The Hall–Kier alpha value is -0.980. The third-order valence-electron chi connectivity index (χ3n) is 6.35. The molecule has 3 atom stereocenters. The zero-order valence-corrected chi connectivity index (χ0v) is 15.5. The van der Waals surface area contributed by atoms with Gasteiger partial charge < -0.3 is 10.6 Å². The van der Waals surface area contributed by atoms with Crippen LogP contribution in [0.25, 0.3) is 0 Å². The fourth-order valence-corrected chi connectivity index (χ4v) is 4.93. The van der Waals surface area contributed by atoms with E-state index in [2.05, 4.69) is 15.5 Å². The van der Waals surface area contributed by atoms with Crippen molar-refractivity contribution in [1.82, 2.24) is 15.5 Å². The second kappa shape index (κ2) is 8.81. The molecular formula is C19H32F3N3O. The molecule has 1 aliphatic heterocycles. The summed E-state index contributed by atoms with van der Waals surface area (Å²) < 4.78 is 38.7. The van der Waals surface area contributed by atoms with E-state index in [0.717, 1.165) is 25.9 Å². The molecule has 4 nitrogen and oxygen atoms in total. The molecule has 0 aromatic rings. The molecule has 150 valence electrons. The fraction of sp³-hybridized carbons (Fsp3) is 0.947. The van der Waals surface area contributed by atoms with Crippen molar-refractivity contribution in [3.63, 3.8) is 0 Å². The van der Waals surface area contributed by atoms with Gasteiger partial charge in [-0.2, -0.15) is 13.2 Å². The van der Waals surface area contributed by atoms with E-state index in [1.165, 1.54) is 32.1 Å². The van der Waals surface area contributed by atoms with Crippen LogP contribution in [0.3, 0.4) is 0 Å². The van der Waals surface area contributed by atoms with Crippen LogP contribution in [-0.4, -0.2) is 48.3 Å². The Morgan fingerprint density at radius 2 is 1.54 bits per heavy atom. The summed E-state index contributed by atoms with van der Waals surface area (Å²) in [5.74, 6) is -1.28. The smallest absolute Gasteiger partial charge is 0.335 e. The van der Waals surface area contributed by atoms with Crippen molar-refractivity contribution in [3.8, 4) is 0 Å². The van der Waals surface area contributed by atoms with Crippen LogP contribution in [0.1, 0.15) is 70.6 Å². The number of carbonyl (C=O) groups excluding carboxylic acids is 1. The molecule has 1 heterocycles. The maximum atomic E-state index is 12.9. The van der Waals surface area contributed by atoms with Crippen LogP contribution < -0.4 is 10.6 Å². The summed E-state index contributed by atoms with van der Waals surface area (Å²) in [5.41, 5.74) is 0. The summed E-state index contributed by atoms with van der Waals surface area (Å²) in [6.45, 7) is 1.97. The maximum Gasteiger partial charge on any atom is 0.391 e. The number of halogens is 3. The van der Waals surface area contributed by atoms with E-state index in [0.29, 0.717) is 18.9 Å².